The van der Waals surface area contributed by atoms with Crippen molar-refractivity contribution in [1.29, 1.82) is 0 Å². The van der Waals surface area contributed by atoms with Gasteiger partial charge in [-0.05, 0) is 30.5 Å². The van der Waals surface area contributed by atoms with Crippen molar-refractivity contribution in [3.05, 3.63) is 42.2 Å². The van der Waals surface area contributed by atoms with Gasteiger partial charge in [0.25, 0.3) is 0 Å². The second kappa shape index (κ2) is 7.46. The molecule has 0 radical (unpaired) electrons. The molecule has 0 spiro atoms. The molecule has 7 heteroatoms. The summed E-state index contributed by atoms with van der Waals surface area (Å²) in [5.41, 5.74) is 0.533. The quantitative estimate of drug-likeness (QED) is 0.874. The number of amides is 2. The SMILES string of the molecule is Cc1nccn1-c1ccc(NC(=O)CNC(=O)CC(C)(C)C)cc1F. The van der Waals surface area contributed by atoms with Crippen LogP contribution >= 0.6 is 0 Å². The number of carbonyl (C=O) groups excluding carboxylic acids is 2. The van der Waals surface area contributed by atoms with Crippen LogP contribution in [0.25, 0.3) is 5.69 Å². The molecule has 25 heavy (non-hydrogen) atoms. The highest BCUT2D eigenvalue weighted by Gasteiger charge is 2.16. The van der Waals surface area contributed by atoms with Crippen LogP contribution in [0.2, 0.25) is 0 Å². The van der Waals surface area contributed by atoms with E-state index in [-0.39, 0.29) is 17.9 Å². The smallest absolute Gasteiger partial charge is 0.243 e. The Morgan fingerprint density at radius 2 is 1.96 bits per heavy atom. The lowest BCUT2D eigenvalue weighted by Gasteiger charge is -2.17. The minimum absolute atomic E-state index is 0.148. The van der Waals surface area contributed by atoms with Gasteiger partial charge in [-0.1, -0.05) is 20.8 Å². The number of anilines is 1. The van der Waals surface area contributed by atoms with Gasteiger partial charge in [-0.25, -0.2) is 9.37 Å². The lowest BCUT2D eigenvalue weighted by Crippen LogP contribution is -2.34. The molecular weight excluding hydrogens is 323 g/mol. The monoisotopic (exact) mass is 346 g/mol. The summed E-state index contributed by atoms with van der Waals surface area (Å²) in [6.45, 7) is 7.45. The van der Waals surface area contributed by atoms with E-state index >= 15 is 0 Å². The van der Waals surface area contributed by atoms with E-state index < -0.39 is 11.7 Å². The number of rotatable bonds is 5. The Morgan fingerprint density at radius 3 is 2.52 bits per heavy atom. The van der Waals surface area contributed by atoms with Crippen molar-refractivity contribution < 1.29 is 14.0 Å². The number of aryl methyl sites for hydroxylation is 1. The summed E-state index contributed by atoms with van der Waals surface area (Å²) in [7, 11) is 0. The van der Waals surface area contributed by atoms with E-state index in [4.69, 9.17) is 0 Å². The molecule has 0 unspecified atom stereocenters. The van der Waals surface area contributed by atoms with E-state index in [0.29, 0.717) is 23.6 Å². The predicted molar refractivity (Wildman–Crippen MR) is 94.0 cm³/mol. The first-order chi connectivity index (χ1) is 11.7. The highest BCUT2D eigenvalue weighted by Crippen LogP contribution is 2.20. The molecular formula is C18H23FN4O2. The van der Waals surface area contributed by atoms with Gasteiger partial charge in [0.15, 0.2) is 0 Å². The highest BCUT2D eigenvalue weighted by molar-refractivity contribution is 5.94. The third-order valence-electron chi connectivity index (χ3n) is 3.45. The van der Waals surface area contributed by atoms with Crippen molar-refractivity contribution in [2.24, 2.45) is 5.41 Å². The van der Waals surface area contributed by atoms with Crippen LogP contribution in [0.1, 0.15) is 33.0 Å². The molecule has 1 aromatic carbocycles. The van der Waals surface area contributed by atoms with Crippen LogP contribution in [0.4, 0.5) is 10.1 Å². The third-order valence-corrected chi connectivity index (χ3v) is 3.45. The van der Waals surface area contributed by atoms with Crippen LogP contribution in [0, 0.1) is 18.2 Å². The van der Waals surface area contributed by atoms with Gasteiger partial charge in [0.1, 0.15) is 11.6 Å². The van der Waals surface area contributed by atoms with Crippen molar-refractivity contribution in [3.8, 4) is 5.69 Å². The number of imidazole rings is 1. The van der Waals surface area contributed by atoms with Crippen molar-refractivity contribution >= 4 is 17.5 Å². The molecule has 1 heterocycles. The molecule has 0 saturated carbocycles. The van der Waals surface area contributed by atoms with Gasteiger partial charge in [0.2, 0.25) is 11.8 Å². The van der Waals surface area contributed by atoms with E-state index in [9.17, 15) is 14.0 Å². The second-order valence-electron chi connectivity index (χ2n) is 7.07. The molecule has 0 atom stereocenters. The number of nitrogens with zero attached hydrogens (tertiary/aromatic N) is 2. The zero-order valence-corrected chi connectivity index (χ0v) is 14.9. The molecule has 0 bridgehead atoms. The van der Waals surface area contributed by atoms with Gasteiger partial charge in [-0.3, -0.25) is 9.59 Å². The number of hydrogen-bond acceptors (Lipinski definition) is 3. The van der Waals surface area contributed by atoms with Crippen LogP contribution in [0.3, 0.4) is 0 Å². The zero-order chi connectivity index (χ0) is 18.6. The standard InChI is InChI=1S/C18H23FN4O2/c1-12-20-7-8-23(12)15-6-5-13(9-14(15)19)22-17(25)11-21-16(24)10-18(2,3)4/h5-9H,10-11H2,1-4H3,(H,21,24)(H,22,25). The largest absolute Gasteiger partial charge is 0.347 e. The molecule has 0 aliphatic carbocycles. The second-order valence-corrected chi connectivity index (χ2v) is 7.07. The Bertz CT molecular complexity index is 778. The van der Waals surface area contributed by atoms with E-state index in [1.165, 1.54) is 6.07 Å². The van der Waals surface area contributed by atoms with Gasteiger partial charge in [-0.15, -0.1) is 0 Å². The average molecular weight is 346 g/mol. The molecule has 1 aromatic heterocycles. The molecule has 0 fully saturated rings. The van der Waals surface area contributed by atoms with Crippen LogP contribution in [0.5, 0.6) is 0 Å². The van der Waals surface area contributed by atoms with E-state index in [0.717, 1.165) is 0 Å². The van der Waals surface area contributed by atoms with Crippen LogP contribution in [-0.4, -0.2) is 27.9 Å². The van der Waals surface area contributed by atoms with Gasteiger partial charge in [0, 0.05) is 24.5 Å². The first-order valence-corrected chi connectivity index (χ1v) is 8.02. The van der Waals surface area contributed by atoms with E-state index in [1.54, 1.807) is 36.0 Å². The number of halogens is 1. The fraction of sp³-hybridized carbons (Fsp3) is 0.389. The summed E-state index contributed by atoms with van der Waals surface area (Å²) in [5, 5.41) is 5.13. The summed E-state index contributed by atoms with van der Waals surface area (Å²) in [5.74, 6) is -0.416. The van der Waals surface area contributed by atoms with Gasteiger partial charge in [0.05, 0.1) is 12.2 Å². The van der Waals surface area contributed by atoms with E-state index in [2.05, 4.69) is 15.6 Å². The van der Waals surface area contributed by atoms with Crippen LogP contribution in [-0.2, 0) is 9.59 Å². The minimum atomic E-state index is -0.476. The van der Waals surface area contributed by atoms with Crippen molar-refractivity contribution in [1.82, 2.24) is 14.9 Å². The maximum absolute atomic E-state index is 14.3. The van der Waals surface area contributed by atoms with Crippen molar-refractivity contribution in [2.45, 2.75) is 34.1 Å². The fourth-order valence-electron chi connectivity index (χ4n) is 2.34. The number of aromatic nitrogens is 2. The van der Waals surface area contributed by atoms with Gasteiger partial charge >= 0.3 is 0 Å². The van der Waals surface area contributed by atoms with Crippen LogP contribution in [0.15, 0.2) is 30.6 Å². The molecule has 6 nitrogen and oxygen atoms in total. The molecule has 2 rings (SSSR count). The lowest BCUT2D eigenvalue weighted by molar-refractivity contribution is -0.125. The normalized spacial score (nSPS) is 11.2. The summed E-state index contributed by atoms with van der Waals surface area (Å²) < 4.78 is 15.9. The number of benzene rings is 1. The Morgan fingerprint density at radius 1 is 1.24 bits per heavy atom. The molecule has 134 valence electrons. The maximum atomic E-state index is 14.3. The molecule has 2 aromatic rings. The number of hydrogen-bond donors (Lipinski definition) is 2. The summed E-state index contributed by atoms with van der Waals surface area (Å²) >= 11 is 0. The Balaban J connectivity index is 1.95. The molecule has 2 amide bonds. The molecule has 0 aliphatic rings. The molecule has 2 N–H and O–H groups in total. The Kier molecular flexibility index (Phi) is 5.56. The predicted octanol–water partition coefficient (Wildman–Crippen LogP) is 2.81. The Labute approximate surface area is 146 Å². The summed E-state index contributed by atoms with van der Waals surface area (Å²) in [6, 6.07) is 4.41. The number of nitrogens with one attached hydrogen (secondary N) is 2. The fourth-order valence-corrected chi connectivity index (χ4v) is 2.34. The molecule has 0 aliphatic heterocycles. The first kappa shape index (κ1) is 18.6. The highest BCUT2D eigenvalue weighted by atomic mass is 19.1. The average Bonchev–Trinajstić information content (AvgIpc) is 2.90. The third kappa shape index (κ3) is 5.41. The number of carbonyl (C=O) groups is 2. The van der Waals surface area contributed by atoms with Crippen molar-refractivity contribution in [3.63, 3.8) is 0 Å². The summed E-state index contributed by atoms with van der Waals surface area (Å²) in [6.07, 6.45) is 3.58. The van der Waals surface area contributed by atoms with Gasteiger partial charge in [-0.2, -0.15) is 0 Å². The topological polar surface area (TPSA) is 76.0 Å². The molecule has 0 saturated heterocycles. The zero-order valence-electron chi connectivity index (χ0n) is 14.9. The first-order valence-electron chi connectivity index (χ1n) is 8.02. The Hall–Kier alpha value is -2.70. The minimum Gasteiger partial charge on any atom is -0.347 e. The van der Waals surface area contributed by atoms with E-state index in [1.807, 2.05) is 20.8 Å². The van der Waals surface area contributed by atoms with Crippen LogP contribution < -0.4 is 10.6 Å². The van der Waals surface area contributed by atoms with Crippen molar-refractivity contribution in [2.75, 3.05) is 11.9 Å². The van der Waals surface area contributed by atoms with Gasteiger partial charge < -0.3 is 15.2 Å². The summed E-state index contributed by atoms with van der Waals surface area (Å²) in [4.78, 5) is 27.7. The maximum Gasteiger partial charge on any atom is 0.243 e. The lowest BCUT2D eigenvalue weighted by atomic mass is 9.92.